The van der Waals surface area contributed by atoms with Gasteiger partial charge in [0.1, 0.15) is 5.75 Å². The SMILES string of the molecule is COc1ccc(/C=C/C(=O)Nc2ccc(N3CCCS3(=O)=O)cc2)cc1. The smallest absolute Gasteiger partial charge is 0.248 e. The molecule has 1 fully saturated rings. The van der Waals surface area contributed by atoms with E-state index in [1.165, 1.54) is 10.4 Å². The molecule has 3 rings (SSSR count). The summed E-state index contributed by atoms with van der Waals surface area (Å²) in [5, 5.41) is 2.75. The van der Waals surface area contributed by atoms with E-state index in [2.05, 4.69) is 5.32 Å². The second-order valence-electron chi connectivity index (χ2n) is 5.88. The number of nitrogens with one attached hydrogen (secondary N) is 1. The van der Waals surface area contributed by atoms with Gasteiger partial charge in [-0.05, 0) is 54.5 Å². The van der Waals surface area contributed by atoms with Crippen LogP contribution in [0.4, 0.5) is 11.4 Å². The van der Waals surface area contributed by atoms with Crippen LogP contribution < -0.4 is 14.4 Å². The van der Waals surface area contributed by atoms with E-state index in [4.69, 9.17) is 4.74 Å². The van der Waals surface area contributed by atoms with E-state index in [1.807, 2.05) is 24.3 Å². The number of carbonyl (C=O) groups is 1. The van der Waals surface area contributed by atoms with Crippen molar-refractivity contribution in [1.29, 1.82) is 0 Å². The molecule has 26 heavy (non-hydrogen) atoms. The molecule has 0 aromatic heterocycles. The van der Waals surface area contributed by atoms with Gasteiger partial charge >= 0.3 is 0 Å². The molecule has 1 saturated heterocycles. The highest BCUT2D eigenvalue weighted by molar-refractivity contribution is 7.93. The third-order valence-corrected chi connectivity index (χ3v) is 5.93. The monoisotopic (exact) mass is 372 g/mol. The molecule has 1 amide bonds. The van der Waals surface area contributed by atoms with Crippen molar-refractivity contribution in [3.63, 3.8) is 0 Å². The summed E-state index contributed by atoms with van der Waals surface area (Å²) in [6.07, 6.45) is 3.79. The van der Waals surface area contributed by atoms with Crippen molar-refractivity contribution in [1.82, 2.24) is 0 Å². The molecule has 0 radical (unpaired) electrons. The number of ether oxygens (including phenoxy) is 1. The summed E-state index contributed by atoms with van der Waals surface area (Å²) < 4.78 is 30.3. The number of methoxy groups -OCH3 is 1. The van der Waals surface area contributed by atoms with Crippen LogP contribution >= 0.6 is 0 Å². The van der Waals surface area contributed by atoms with Gasteiger partial charge in [-0.15, -0.1) is 0 Å². The first-order valence-corrected chi connectivity index (χ1v) is 9.82. The highest BCUT2D eigenvalue weighted by Crippen LogP contribution is 2.25. The van der Waals surface area contributed by atoms with Gasteiger partial charge in [-0.3, -0.25) is 9.10 Å². The van der Waals surface area contributed by atoms with Gasteiger partial charge in [0.2, 0.25) is 15.9 Å². The Hall–Kier alpha value is -2.80. The number of sulfonamides is 1. The number of amides is 1. The first-order valence-electron chi connectivity index (χ1n) is 8.21. The van der Waals surface area contributed by atoms with E-state index in [0.29, 0.717) is 24.3 Å². The molecular formula is C19H20N2O4S. The van der Waals surface area contributed by atoms with Crippen LogP contribution in [0.25, 0.3) is 6.08 Å². The van der Waals surface area contributed by atoms with Crippen molar-refractivity contribution >= 4 is 33.4 Å². The number of hydrogen-bond acceptors (Lipinski definition) is 4. The number of anilines is 2. The van der Waals surface area contributed by atoms with Crippen LogP contribution in [0.15, 0.2) is 54.6 Å². The molecule has 0 saturated carbocycles. The molecule has 1 N–H and O–H groups in total. The molecule has 2 aromatic carbocycles. The quantitative estimate of drug-likeness (QED) is 0.819. The molecule has 0 atom stereocenters. The third-order valence-electron chi connectivity index (χ3n) is 4.07. The molecule has 6 nitrogen and oxygen atoms in total. The van der Waals surface area contributed by atoms with E-state index in [-0.39, 0.29) is 11.7 Å². The zero-order valence-corrected chi connectivity index (χ0v) is 15.2. The largest absolute Gasteiger partial charge is 0.497 e. The van der Waals surface area contributed by atoms with Gasteiger partial charge in [0.05, 0.1) is 18.6 Å². The van der Waals surface area contributed by atoms with Gasteiger partial charge in [0.25, 0.3) is 0 Å². The van der Waals surface area contributed by atoms with Crippen molar-refractivity contribution in [2.24, 2.45) is 0 Å². The highest BCUT2D eigenvalue weighted by Gasteiger charge is 2.28. The van der Waals surface area contributed by atoms with Crippen LogP contribution in [0, 0.1) is 0 Å². The highest BCUT2D eigenvalue weighted by atomic mass is 32.2. The molecule has 2 aromatic rings. The van der Waals surface area contributed by atoms with Crippen molar-refractivity contribution < 1.29 is 17.9 Å². The van der Waals surface area contributed by atoms with Crippen LogP contribution in [-0.2, 0) is 14.8 Å². The Balaban J connectivity index is 1.61. The first-order chi connectivity index (χ1) is 12.5. The molecular weight excluding hydrogens is 352 g/mol. The minimum atomic E-state index is -3.19. The summed E-state index contributed by atoms with van der Waals surface area (Å²) in [5.74, 6) is 0.677. The molecule has 0 unspecified atom stereocenters. The molecule has 7 heteroatoms. The topological polar surface area (TPSA) is 75.7 Å². The fourth-order valence-electron chi connectivity index (χ4n) is 2.71. The van der Waals surface area contributed by atoms with Gasteiger partial charge in [-0.25, -0.2) is 8.42 Å². The summed E-state index contributed by atoms with van der Waals surface area (Å²) in [6, 6.07) is 14.1. The Morgan fingerprint density at radius 2 is 1.81 bits per heavy atom. The number of benzene rings is 2. The van der Waals surface area contributed by atoms with Gasteiger partial charge in [0, 0.05) is 18.3 Å². The van der Waals surface area contributed by atoms with Crippen molar-refractivity contribution in [2.75, 3.05) is 29.0 Å². The van der Waals surface area contributed by atoms with E-state index < -0.39 is 10.0 Å². The first kappa shape index (κ1) is 18.0. The Bertz CT molecular complexity index is 904. The lowest BCUT2D eigenvalue weighted by atomic mass is 10.2. The number of nitrogens with zero attached hydrogens (tertiary/aromatic N) is 1. The van der Waals surface area contributed by atoms with Gasteiger partial charge in [-0.1, -0.05) is 12.1 Å². The number of carbonyl (C=O) groups excluding carboxylic acids is 1. The van der Waals surface area contributed by atoms with Gasteiger partial charge < -0.3 is 10.1 Å². The number of rotatable bonds is 5. The Morgan fingerprint density at radius 1 is 1.12 bits per heavy atom. The predicted molar refractivity (Wildman–Crippen MR) is 103 cm³/mol. The van der Waals surface area contributed by atoms with Crippen LogP contribution in [0.5, 0.6) is 5.75 Å². The summed E-state index contributed by atoms with van der Waals surface area (Å²) in [6.45, 7) is 0.499. The second-order valence-corrected chi connectivity index (χ2v) is 7.90. The van der Waals surface area contributed by atoms with E-state index >= 15 is 0 Å². The normalized spacial score (nSPS) is 16.0. The average molecular weight is 372 g/mol. The van der Waals surface area contributed by atoms with Crippen LogP contribution in [0.1, 0.15) is 12.0 Å². The molecule has 1 aliphatic heterocycles. The fraction of sp³-hybridized carbons (Fsp3) is 0.211. The van der Waals surface area contributed by atoms with Gasteiger partial charge in [0.15, 0.2) is 0 Å². The van der Waals surface area contributed by atoms with E-state index in [0.717, 1.165) is 11.3 Å². The summed E-state index contributed by atoms with van der Waals surface area (Å²) in [7, 11) is -1.59. The molecule has 0 spiro atoms. The van der Waals surface area contributed by atoms with Crippen molar-refractivity contribution in [3.05, 3.63) is 60.2 Å². The maximum absolute atomic E-state index is 12.0. The summed E-state index contributed by atoms with van der Waals surface area (Å²) in [5.41, 5.74) is 2.11. The minimum Gasteiger partial charge on any atom is -0.497 e. The van der Waals surface area contributed by atoms with Crippen LogP contribution in [0.2, 0.25) is 0 Å². The number of hydrogen-bond donors (Lipinski definition) is 1. The molecule has 0 bridgehead atoms. The van der Waals surface area contributed by atoms with E-state index in [1.54, 1.807) is 37.5 Å². The Kier molecular flexibility index (Phi) is 5.27. The lowest BCUT2D eigenvalue weighted by Gasteiger charge is -2.17. The zero-order valence-electron chi connectivity index (χ0n) is 14.4. The van der Waals surface area contributed by atoms with Crippen LogP contribution in [0.3, 0.4) is 0 Å². The Morgan fingerprint density at radius 3 is 2.38 bits per heavy atom. The lowest BCUT2D eigenvalue weighted by Crippen LogP contribution is -2.24. The standard InChI is InChI=1S/C19H20N2O4S/c1-25-18-10-3-15(4-11-18)5-12-19(22)20-16-6-8-17(9-7-16)21-13-2-14-26(21,23)24/h3-12H,2,13-14H2,1H3,(H,20,22)/b12-5+. The molecule has 0 aliphatic carbocycles. The second kappa shape index (κ2) is 7.61. The Labute approximate surface area is 153 Å². The third kappa shape index (κ3) is 4.23. The van der Waals surface area contributed by atoms with Crippen LogP contribution in [-0.4, -0.2) is 33.7 Å². The van der Waals surface area contributed by atoms with Gasteiger partial charge in [-0.2, -0.15) is 0 Å². The maximum Gasteiger partial charge on any atom is 0.248 e. The summed E-state index contributed by atoms with van der Waals surface area (Å²) >= 11 is 0. The summed E-state index contributed by atoms with van der Waals surface area (Å²) in [4.78, 5) is 12.0. The zero-order chi connectivity index (χ0) is 18.6. The molecule has 1 heterocycles. The lowest BCUT2D eigenvalue weighted by molar-refractivity contribution is -0.111. The maximum atomic E-state index is 12.0. The fourth-order valence-corrected chi connectivity index (χ4v) is 4.28. The molecule has 136 valence electrons. The van der Waals surface area contributed by atoms with Crippen molar-refractivity contribution in [3.8, 4) is 5.75 Å². The minimum absolute atomic E-state index is 0.182. The van der Waals surface area contributed by atoms with E-state index in [9.17, 15) is 13.2 Å². The average Bonchev–Trinajstić information content (AvgIpc) is 3.00. The molecule has 1 aliphatic rings. The predicted octanol–water partition coefficient (Wildman–Crippen LogP) is 2.89. The van der Waals surface area contributed by atoms with Crippen molar-refractivity contribution in [2.45, 2.75) is 6.42 Å².